The van der Waals surface area contributed by atoms with E-state index in [1.54, 1.807) is 30.7 Å². The maximum Gasteiger partial charge on any atom is 0.341 e. The van der Waals surface area contributed by atoms with E-state index in [2.05, 4.69) is 35.5 Å². The molecule has 0 amide bonds. The Morgan fingerprint density at radius 2 is 1.70 bits per heavy atom. The van der Waals surface area contributed by atoms with Gasteiger partial charge in [0.1, 0.15) is 11.4 Å². The highest BCUT2D eigenvalue weighted by Gasteiger charge is 2.54. The molecule has 1 aliphatic rings. The minimum atomic E-state index is -1.29. The highest BCUT2D eigenvalue weighted by Crippen LogP contribution is 2.53. The Morgan fingerprint density at radius 3 is 2.49 bits per heavy atom. The molecule has 0 spiro atoms. The second kappa shape index (κ2) is 8.89. The number of hydrogen-bond acceptors (Lipinski definition) is 5. The summed E-state index contributed by atoms with van der Waals surface area (Å²) >= 11 is 0. The molecule has 1 aliphatic heterocycles. The molecule has 1 atom stereocenters. The molecular formula is C31H27N3O3. The summed E-state index contributed by atoms with van der Waals surface area (Å²) < 4.78 is 15.1. The largest absolute Gasteiger partial charge is 0.493 e. The number of benzene rings is 2. The first kappa shape index (κ1) is 23.0. The Kier molecular flexibility index (Phi) is 5.52. The third kappa shape index (κ3) is 3.29. The van der Waals surface area contributed by atoms with Gasteiger partial charge in [-0.25, -0.2) is 4.79 Å². The van der Waals surface area contributed by atoms with E-state index in [1.165, 1.54) is 0 Å². The molecule has 0 bridgehead atoms. The van der Waals surface area contributed by atoms with Crippen LogP contribution in [0.4, 0.5) is 0 Å². The lowest BCUT2D eigenvalue weighted by Crippen LogP contribution is -2.32. The molecular weight excluding hydrogens is 462 g/mol. The molecule has 0 radical (unpaired) electrons. The lowest BCUT2D eigenvalue weighted by molar-refractivity contribution is 0.0238. The van der Waals surface area contributed by atoms with E-state index in [0.29, 0.717) is 23.6 Å². The number of pyridine rings is 2. The van der Waals surface area contributed by atoms with Crippen molar-refractivity contribution in [2.75, 3.05) is 6.61 Å². The van der Waals surface area contributed by atoms with E-state index < -0.39 is 11.6 Å². The molecule has 0 saturated heterocycles. The van der Waals surface area contributed by atoms with Gasteiger partial charge in [-0.1, -0.05) is 36.4 Å². The van der Waals surface area contributed by atoms with Crippen LogP contribution in [0.3, 0.4) is 0 Å². The summed E-state index contributed by atoms with van der Waals surface area (Å²) in [6.07, 6.45) is 5.24. The fourth-order valence-corrected chi connectivity index (χ4v) is 5.74. The number of carbonyl (C=O) groups is 1. The molecule has 3 aromatic heterocycles. The summed E-state index contributed by atoms with van der Waals surface area (Å²) in [5, 5.41) is 1.02. The smallest absolute Gasteiger partial charge is 0.341 e. The van der Waals surface area contributed by atoms with Gasteiger partial charge < -0.3 is 14.0 Å². The SMILES string of the molecule is CCOc1c(-c2ccncc2)cccc1C1(c2c(C)n(CC)c3ccccc23)OC(=O)c2cccnc21. The molecule has 6 nitrogen and oxygen atoms in total. The van der Waals surface area contributed by atoms with Crippen molar-refractivity contribution in [1.29, 1.82) is 0 Å². The number of ether oxygens (including phenoxy) is 2. The van der Waals surface area contributed by atoms with Gasteiger partial charge in [0.05, 0.1) is 12.2 Å². The van der Waals surface area contributed by atoms with E-state index in [1.807, 2.05) is 49.4 Å². The molecule has 5 aromatic rings. The van der Waals surface area contributed by atoms with Crippen LogP contribution in [0.1, 0.15) is 46.7 Å². The molecule has 37 heavy (non-hydrogen) atoms. The maximum absolute atomic E-state index is 13.5. The lowest BCUT2D eigenvalue weighted by Gasteiger charge is -2.32. The first-order valence-electron chi connectivity index (χ1n) is 12.6. The quantitative estimate of drug-likeness (QED) is 0.262. The third-order valence-corrected chi connectivity index (χ3v) is 7.18. The summed E-state index contributed by atoms with van der Waals surface area (Å²) in [5.74, 6) is 0.267. The van der Waals surface area contributed by atoms with E-state index in [-0.39, 0.29) is 0 Å². The minimum Gasteiger partial charge on any atom is -0.493 e. The van der Waals surface area contributed by atoms with Crippen molar-refractivity contribution >= 4 is 16.9 Å². The molecule has 4 heterocycles. The zero-order valence-electron chi connectivity index (χ0n) is 21.1. The Balaban J connectivity index is 1.78. The first-order chi connectivity index (χ1) is 18.1. The molecule has 6 heteroatoms. The van der Waals surface area contributed by atoms with Crippen LogP contribution in [-0.2, 0) is 16.9 Å². The predicted octanol–water partition coefficient (Wildman–Crippen LogP) is 6.29. The standard InChI is InChI=1S/C31H27N3O3/c1-4-34-20(3)27(23-10-6-7-14-26(23)34)31(29-24(30(35)37-31)12-9-17-33-29)25-13-8-11-22(28(25)36-5-2)21-15-18-32-19-16-21/h6-19H,4-5H2,1-3H3. The van der Waals surface area contributed by atoms with Crippen molar-refractivity contribution in [3.05, 3.63) is 113 Å². The van der Waals surface area contributed by atoms with E-state index >= 15 is 0 Å². The van der Waals surface area contributed by atoms with E-state index in [9.17, 15) is 4.79 Å². The number of carbonyl (C=O) groups excluding carboxylic acids is 1. The zero-order chi connectivity index (χ0) is 25.6. The highest BCUT2D eigenvalue weighted by molar-refractivity contribution is 5.98. The van der Waals surface area contributed by atoms with Crippen LogP contribution in [-0.4, -0.2) is 27.1 Å². The highest BCUT2D eigenvalue weighted by atomic mass is 16.6. The molecule has 0 fully saturated rings. The number of nitrogens with zero attached hydrogens (tertiary/aromatic N) is 3. The molecule has 184 valence electrons. The van der Waals surface area contributed by atoms with Gasteiger partial charge >= 0.3 is 5.97 Å². The van der Waals surface area contributed by atoms with Gasteiger partial charge in [0.2, 0.25) is 5.60 Å². The number of aryl methyl sites for hydroxylation is 1. The maximum atomic E-state index is 13.5. The Bertz CT molecular complexity index is 1640. The minimum absolute atomic E-state index is 0.396. The third-order valence-electron chi connectivity index (χ3n) is 7.18. The number of hydrogen-bond donors (Lipinski definition) is 0. The molecule has 0 aliphatic carbocycles. The molecule has 1 unspecified atom stereocenters. The van der Waals surface area contributed by atoms with Gasteiger partial charge in [0.25, 0.3) is 0 Å². The zero-order valence-corrected chi connectivity index (χ0v) is 21.1. The summed E-state index contributed by atoms with van der Waals surface area (Å²) in [6.45, 7) is 7.40. The fourth-order valence-electron chi connectivity index (χ4n) is 5.74. The van der Waals surface area contributed by atoms with Gasteiger partial charge in [-0.05, 0) is 56.7 Å². The number of aromatic nitrogens is 3. The Morgan fingerprint density at radius 1 is 0.919 bits per heavy atom. The van der Waals surface area contributed by atoms with Gasteiger partial charge in [0, 0.05) is 58.4 Å². The van der Waals surface area contributed by atoms with Gasteiger partial charge in [-0.2, -0.15) is 0 Å². The second-order valence-corrected chi connectivity index (χ2v) is 9.04. The second-order valence-electron chi connectivity index (χ2n) is 9.04. The molecule has 0 saturated carbocycles. The van der Waals surface area contributed by atoms with Crippen LogP contribution in [0.5, 0.6) is 5.75 Å². The number of fused-ring (bicyclic) bond motifs is 2. The van der Waals surface area contributed by atoms with Crippen molar-refractivity contribution in [1.82, 2.24) is 14.5 Å². The predicted molar refractivity (Wildman–Crippen MR) is 143 cm³/mol. The van der Waals surface area contributed by atoms with Crippen LogP contribution in [0.25, 0.3) is 22.0 Å². The Labute approximate surface area is 215 Å². The first-order valence-corrected chi connectivity index (χ1v) is 12.6. The summed E-state index contributed by atoms with van der Waals surface area (Å²) in [5.41, 5.74) is 5.38. The summed E-state index contributed by atoms with van der Waals surface area (Å²) in [4.78, 5) is 22.4. The average molecular weight is 490 g/mol. The van der Waals surface area contributed by atoms with Crippen LogP contribution in [0.15, 0.2) is 85.3 Å². The normalized spacial score (nSPS) is 16.6. The van der Waals surface area contributed by atoms with Gasteiger partial charge in [-0.15, -0.1) is 0 Å². The number of cyclic esters (lactones) is 1. The van der Waals surface area contributed by atoms with E-state index in [0.717, 1.165) is 45.4 Å². The van der Waals surface area contributed by atoms with Crippen molar-refractivity contribution in [2.45, 2.75) is 32.9 Å². The van der Waals surface area contributed by atoms with Crippen LogP contribution in [0, 0.1) is 6.92 Å². The molecule has 2 aromatic carbocycles. The van der Waals surface area contributed by atoms with Crippen molar-refractivity contribution in [3.8, 4) is 16.9 Å². The monoisotopic (exact) mass is 489 g/mol. The van der Waals surface area contributed by atoms with Crippen molar-refractivity contribution in [3.63, 3.8) is 0 Å². The van der Waals surface area contributed by atoms with Crippen LogP contribution < -0.4 is 4.74 Å². The summed E-state index contributed by atoms with van der Waals surface area (Å²) in [7, 11) is 0. The van der Waals surface area contributed by atoms with Crippen LogP contribution in [0.2, 0.25) is 0 Å². The van der Waals surface area contributed by atoms with Crippen LogP contribution >= 0.6 is 0 Å². The average Bonchev–Trinajstić information content (AvgIpc) is 3.40. The van der Waals surface area contributed by atoms with Crippen molar-refractivity contribution < 1.29 is 14.3 Å². The van der Waals surface area contributed by atoms with E-state index in [4.69, 9.17) is 14.5 Å². The van der Waals surface area contributed by atoms with Gasteiger partial charge in [0.15, 0.2) is 0 Å². The fraction of sp³-hybridized carbons (Fsp3) is 0.194. The summed E-state index contributed by atoms with van der Waals surface area (Å²) in [6, 6.07) is 21.7. The molecule has 6 rings (SSSR count). The number of rotatable bonds is 6. The number of para-hydroxylation sites is 2. The topological polar surface area (TPSA) is 66.2 Å². The number of esters is 1. The lowest BCUT2D eigenvalue weighted by atomic mass is 9.79. The van der Waals surface area contributed by atoms with Crippen molar-refractivity contribution in [2.24, 2.45) is 0 Å². The van der Waals surface area contributed by atoms with Gasteiger partial charge in [-0.3, -0.25) is 9.97 Å². The molecule has 0 N–H and O–H groups in total. The Hall–Kier alpha value is -4.45.